The third kappa shape index (κ3) is 9.63. The first-order valence-electron chi connectivity index (χ1n) is 23.5. The number of rotatable bonds is 20. The van der Waals surface area contributed by atoms with E-state index in [9.17, 15) is 21.0 Å². The Kier molecular flexibility index (Phi) is 14.3. The zero-order valence-corrected chi connectivity index (χ0v) is 41.2. The van der Waals surface area contributed by atoms with Crippen LogP contribution in [-0.2, 0) is 16.2 Å². The molecule has 2 aliphatic carbocycles. The van der Waals surface area contributed by atoms with Gasteiger partial charge in [0.05, 0.1) is 0 Å². The molecule has 73 heavy (non-hydrogen) atoms. The Morgan fingerprint density at radius 3 is 0.849 bits per heavy atom. The number of hydrogen-bond donors (Lipinski definition) is 0. The molecular weight excluding hydrogens is 917 g/mol. The summed E-state index contributed by atoms with van der Waals surface area (Å²) in [4.78, 5) is 0. The molecule has 12 heteroatoms. The molecule has 0 aromatic heterocycles. The van der Waals surface area contributed by atoms with Gasteiger partial charge >= 0.3 is 0 Å². The van der Waals surface area contributed by atoms with Crippen molar-refractivity contribution in [1.82, 2.24) is 0 Å². The summed E-state index contributed by atoms with van der Waals surface area (Å²) in [5.41, 5.74) is 2.85. The SMILES string of the molecule is C=CCOc1cccc(Oc2cc3c(cc2Oc2cccc(OCC=C)c2C#N)C2(CC3(C)C)CC(C)(C)c3cc(Oc4cccc(OCC=C)c4C#N)c(Oc4cccc(OCC=C)c4C#N)cc32)c1C#N. The molecule has 0 unspecified atom stereocenters. The van der Waals surface area contributed by atoms with Gasteiger partial charge in [0.15, 0.2) is 23.0 Å². The molecule has 0 amide bonds. The first kappa shape index (κ1) is 50.0. The quantitative estimate of drug-likeness (QED) is 0.0665. The van der Waals surface area contributed by atoms with E-state index in [0.717, 1.165) is 22.3 Å². The van der Waals surface area contributed by atoms with Gasteiger partial charge in [-0.05, 0) is 119 Å². The fourth-order valence-corrected chi connectivity index (χ4v) is 10.0. The normalized spacial score (nSPS) is 13.8. The zero-order valence-electron chi connectivity index (χ0n) is 41.2. The van der Waals surface area contributed by atoms with Gasteiger partial charge in [0.25, 0.3) is 0 Å². The fourth-order valence-electron chi connectivity index (χ4n) is 10.0. The molecule has 1 spiro atoms. The first-order valence-corrected chi connectivity index (χ1v) is 23.5. The highest BCUT2D eigenvalue weighted by molar-refractivity contribution is 5.69. The summed E-state index contributed by atoms with van der Waals surface area (Å²) in [6, 6.07) is 37.3. The third-order valence-electron chi connectivity index (χ3n) is 12.9. The zero-order chi connectivity index (χ0) is 51.9. The van der Waals surface area contributed by atoms with Crippen LogP contribution in [0.2, 0.25) is 0 Å². The van der Waals surface area contributed by atoms with E-state index in [2.05, 4.69) is 78.3 Å². The van der Waals surface area contributed by atoms with Gasteiger partial charge in [0.1, 0.15) is 119 Å². The van der Waals surface area contributed by atoms with Crippen molar-refractivity contribution in [3.8, 4) is 93.3 Å². The minimum atomic E-state index is -0.697. The maximum Gasteiger partial charge on any atom is 0.170 e. The first-order chi connectivity index (χ1) is 35.3. The van der Waals surface area contributed by atoms with Crippen LogP contribution in [0.4, 0.5) is 0 Å². The van der Waals surface area contributed by atoms with Crippen molar-refractivity contribution in [3.63, 3.8) is 0 Å². The molecule has 0 heterocycles. The van der Waals surface area contributed by atoms with Crippen molar-refractivity contribution >= 4 is 0 Å². The van der Waals surface area contributed by atoms with Crippen LogP contribution in [0.3, 0.4) is 0 Å². The van der Waals surface area contributed by atoms with Crippen molar-refractivity contribution in [2.24, 2.45) is 0 Å². The smallest absolute Gasteiger partial charge is 0.170 e. The molecule has 8 rings (SSSR count). The standard InChI is InChI=1S/C61H52N4O8/c1-9-25-66-47-17-13-21-51(39(47)33-62)70-55-29-43-45(31-57(55)72-53-23-15-19-49(41(53)35-64)68-27-11-3)61(37-59(43,5)6)38-60(7,8)44-30-56(71-52-22-14-18-48(40(52)34-63)67-26-10-2)58(32-46(44)61)73-54-24-16-20-50(42(54)36-65)69-28-12-4/h9-24,29-32H,1-4,25-28,37-38H2,5-8H3. The summed E-state index contributed by atoms with van der Waals surface area (Å²) >= 11 is 0. The van der Waals surface area contributed by atoms with Gasteiger partial charge < -0.3 is 37.9 Å². The van der Waals surface area contributed by atoms with Crippen LogP contribution in [0.25, 0.3) is 0 Å². The van der Waals surface area contributed by atoms with E-state index < -0.39 is 16.2 Å². The van der Waals surface area contributed by atoms with Crippen LogP contribution in [0, 0.1) is 45.3 Å². The largest absolute Gasteiger partial charge is 0.488 e. The molecule has 0 saturated heterocycles. The Morgan fingerprint density at radius 2 is 0.616 bits per heavy atom. The van der Waals surface area contributed by atoms with Crippen LogP contribution in [0.5, 0.6) is 69.0 Å². The van der Waals surface area contributed by atoms with Crippen molar-refractivity contribution in [1.29, 1.82) is 21.0 Å². The minimum absolute atomic E-state index is 0.165. The topological polar surface area (TPSA) is 169 Å². The molecule has 0 bridgehead atoms. The molecule has 6 aromatic carbocycles. The number of fused-ring (bicyclic) bond motifs is 4. The highest BCUT2D eigenvalue weighted by atomic mass is 16.5. The predicted octanol–water partition coefficient (Wildman–Crippen LogP) is 14.3. The number of benzene rings is 6. The van der Waals surface area contributed by atoms with E-state index >= 15 is 0 Å². The summed E-state index contributed by atoms with van der Waals surface area (Å²) in [5.74, 6) is 3.31. The van der Waals surface area contributed by atoms with E-state index in [1.807, 2.05) is 24.3 Å². The van der Waals surface area contributed by atoms with Crippen LogP contribution in [0.15, 0.2) is 148 Å². The van der Waals surface area contributed by atoms with Crippen LogP contribution in [0.1, 0.15) is 85.0 Å². The van der Waals surface area contributed by atoms with Crippen molar-refractivity contribution in [2.45, 2.75) is 56.8 Å². The van der Waals surface area contributed by atoms with Gasteiger partial charge in [-0.1, -0.05) is 103 Å². The van der Waals surface area contributed by atoms with Gasteiger partial charge in [0.2, 0.25) is 0 Å². The van der Waals surface area contributed by atoms with E-state index in [1.165, 1.54) is 0 Å². The van der Waals surface area contributed by atoms with Crippen molar-refractivity contribution in [2.75, 3.05) is 26.4 Å². The van der Waals surface area contributed by atoms with Crippen LogP contribution in [-0.4, -0.2) is 26.4 Å². The number of nitrogens with zero attached hydrogens (tertiary/aromatic N) is 4. The highest BCUT2D eigenvalue weighted by Gasteiger charge is 2.57. The maximum atomic E-state index is 10.5. The molecule has 0 aliphatic heterocycles. The minimum Gasteiger partial charge on any atom is -0.488 e. The molecule has 0 radical (unpaired) electrons. The second-order valence-corrected chi connectivity index (χ2v) is 18.7. The fraction of sp³-hybridized carbons (Fsp3) is 0.213. The molecule has 0 fully saturated rings. The Labute approximate surface area is 426 Å². The average molecular weight is 969 g/mol. The molecule has 12 nitrogen and oxygen atoms in total. The maximum absolute atomic E-state index is 10.5. The van der Waals surface area contributed by atoms with Crippen molar-refractivity contribution in [3.05, 3.63) is 192 Å². The van der Waals surface area contributed by atoms with Crippen LogP contribution >= 0.6 is 0 Å². The van der Waals surface area contributed by atoms with Gasteiger partial charge in [-0.15, -0.1) is 0 Å². The highest BCUT2D eigenvalue weighted by Crippen LogP contribution is 2.65. The van der Waals surface area contributed by atoms with E-state index in [4.69, 9.17) is 37.9 Å². The second-order valence-electron chi connectivity index (χ2n) is 18.7. The predicted molar refractivity (Wildman–Crippen MR) is 277 cm³/mol. The third-order valence-corrected chi connectivity index (χ3v) is 12.9. The molecule has 0 N–H and O–H groups in total. The monoisotopic (exact) mass is 968 g/mol. The Balaban J connectivity index is 1.36. The molecular formula is C61H52N4O8. The Bertz CT molecular complexity index is 3140. The molecule has 364 valence electrons. The summed E-state index contributed by atoms with van der Waals surface area (Å²) in [6.45, 7) is 24.4. The van der Waals surface area contributed by atoms with Crippen LogP contribution < -0.4 is 37.9 Å². The number of ether oxygens (including phenoxy) is 8. The van der Waals surface area contributed by atoms with Crippen molar-refractivity contribution < 1.29 is 37.9 Å². The number of hydrogen-bond acceptors (Lipinski definition) is 12. The van der Waals surface area contributed by atoms with Gasteiger partial charge in [-0.25, -0.2) is 0 Å². The summed E-state index contributed by atoms with van der Waals surface area (Å²) < 4.78 is 50.6. The molecule has 0 saturated carbocycles. The van der Waals surface area contributed by atoms with Gasteiger partial charge in [-0.2, -0.15) is 21.0 Å². The van der Waals surface area contributed by atoms with E-state index in [1.54, 1.807) is 97.1 Å². The summed E-state index contributed by atoms with van der Waals surface area (Å²) in [6.07, 6.45) is 7.63. The summed E-state index contributed by atoms with van der Waals surface area (Å²) in [5, 5.41) is 41.9. The Hall–Kier alpha value is -9.36. The lowest BCUT2D eigenvalue weighted by Gasteiger charge is -2.31. The van der Waals surface area contributed by atoms with E-state index in [-0.39, 0.29) is 83.2 Å². The lowest BCUT2D eigenvalue weighted by atomic mass is 9.72. The lowest BCUT2D eigenvalue weighted by molar-refractivity contribution is 0.348. The average Bonchev–Trinajstić information content (AvgIpc) is 3.73. The van der Waals surface area contributed by atoms with Gasteiger partial charge in [0, 0.05) is 5.41 Å². The molecule has 0 atom stereocenters. The molecule has 6 aromatic rings. The molecule has 2 aliphatic rings. The van der Waals surface area contributed by atoms with E-state index in [0.29, 0.717) is 47.3 Å². The summed E-state index contributed by atoms with van der Waals surface area (Å²) in [7, 11) is 0. The number of nitriles is 4. The van der Waals surface area contributed by atoms with Gasteiger partial charge in [-0.3, -0.25) is 0 Å². The lowest BCUT2D eigenvalue weighted by Crippen LogP contribution is -2.27. The second kappa shape index (κ2) is 20.9. The Morgan fingerprint density at radius 1 is 0.384 bits per heavy atom.